The van der Waals surface area contributed by atoms with Crippen molar-refractivity contribution in [3.63, 3.8) is 0 Å². The van der Waals surface area contributed by atoms with E-state index in [9.17, 15) is 4.79 Å². The number of nitrogens with zero attached hydrogens (tertiary/aromatic N) is 3. The monoisotopic (exact) mass is 265 g/mol. The maximum atomic E-state index is 10.4. The molecule has 1 heterocycles. The van der Waals surface area contributed by atoms with E-state index < -0.39 is 5.97 Å². The van der Waals surface area contributed by atoms with E-state index in [1.54, 1.807) is 10.9 Å². The topological polar surface area (TPSA) is 68.0 Å². The third kappa shape index (κ3) is 3.30. The van der Waals surface area contributed by atoms with Gasteiger partial charge in [-0.1, -0.05) is 35.0 Å². The summed E-state index contributed by atoms with van der Waals surface area (Å²) < 4.78 is 1.65. The van der Waals surface area contributed by atoms with Crippen LogP contribution in [-0.4, -0.2) is 26.1 Å². The van der Waals surface area contributed by atoms with Crippen LogP contribution in [-0.2, 0) is 17.8 Å². The molecule has 0 saturated carbocycles. The maximum Gasteiger partial charge on any atom is 0.303 e. The number of carboxylic acid groups (broad SMARTS) is 1. The average molecular weight is 266 g/mol. The zero-order valence-corrected chi connectivity index (χ0v) is 10.3. The minimum atomic E-state index is -0.837. The summed E-state index contributed by atoms with van der Waals surface area (Å²) in [5.41, 5.74) is 1.62. The molecule has 2 aromatic rings. The van der Waals surface area contributed by atoms with Crippen LogP contribution in [0.5, 0.6) is 0 Å². The summed E-state index contributed by atoms with van der Waals surface area (Å²) in [6.07, 6.45) is 2.19. The van der Waals surface area contributed by atoms with Gasteiger partial charge in [-0.15, -0.1) is 5.10 Å². The van der Waals surface area contributed by atoms with Crippen LogP contribution in [0.25, 0.3) is 0 Å². The lowest BCUT2D eigenvalue weighted by Crippen LogP contribution is -2.01. The number of aryl methyl sites for hydroxylation is 1. The lowest BCUT2D eigenvalue weighted by molar-refractivity contribution is -0.136. The van der Waals surface area contributed by atoms with Crippen molar-refractivity contribution in [1.29, 1.82) is 0 Å². The summed E-state index contributed by atoms with van der Waals surface area (Å²) in [6.45, 7) is 0.528. The molecule has 0 aliphatic rings. The smallest absolute Gasteiger partial charge is 0.303 e. The number of aliphatic carboxylic acids is 1. The molecule has 0 amide bonds. The van der Waals surface area contributed by atoms with Crippen LogP contribution >= 0.6 is 11.6 Å². The second-order valence-electron chi connectivity index (χ2n) is 3.89. The fraction of sp³-hybridized carbons (Fsp3) is 0.250. The molecule has 0 bridgehead atoms. The number of benzene rings is 1. The van der Waals surface area contributed by atoms with Gasteiger partial charge in [-0.2, -0.15) is 0 Å². The Morgan fingerprint density at radius 2 is 2.17 bits per heavy atom. The van der Waals surface area contributed by atoms with E-state index in [4.69, 9.17) is 16.7 Å². The summed E-state index contributed by atoms with van der Waals surface area (Å²) >= 11 is 6.04. The fourth-order valence-electron chi connectivity index (χ4n) is 1.57. The van der Waals surface area contributed by atoms with Gasteiger partial charge >= 0.3 is 5.97 Å². The first-order valence-electron chi connectivity index (χ1n) is 5.49. The molecule has 1 N–H and O–H groups in total. The van der Waals surface area contributed by atoms with Crippen molar-refractivity contribution >= 4 is 17.6 Å². The van der Waals surface area contributed by atoms with Crippen LogP contribution in [0.3, 0.4) is 0 Å². The third-order valence-corrected chi connectivity index (χ3v) is 2.84. The molecular weight excluding hydrogens is 254 g/mol. The second-order valence-corrected chi connectivity index (χ2v) is 4.30. The summed E-state index contributed by atoms with van der Waals surface area (Å²) in [4.78, 5) is 10.4. The first-order valence-corrected chi connectivity index (χ1v) is 5.87. The van der Waals surface area contributed by atoms with Crippen molar-refractivity contribution in [3.8, 4) is 0 Å². The molecule has 18 heavy (non-hydrogen) atoms. The van der Waals surface area contributed by atoms with Gasteiger partial charge in [0.2, 0.25) is 0 Å². The Balaban J connectivity index is 2.02. The van der Waals surface area contributed by atoms with Gasteiger partial charge in [0.1, 0.15) is 0 Å². The summed E-state index contributed by atoms with van der Waals surface area (Å²) in [5, 5.41) is 17.1. The molecule has 0 radical (unpaired) electrons. The van der Waals surface area contributed by atoms with Gasteiger partial charge in [0.15, 0.2) is 0 Å². The van der Waals surface area contributed by atoms with Crippen LogP contribution in [0.1, 0.15) is 17.7 Å². The molecule has 0 unspecified atom stereocenters. The van der Waals surface area contributed by atoms with Gasteiger partial charge in [-0.05, 0) is 11.6 Å². The summed E-state index contributed by atoms with van der Waals surface area (Å²) in [7, 11) is 0. The Bertz CT molecular complexity index is 554. The Kier molecular flexibility index (Phi) is 3.94. The summed E-state index contributed by atoms with van der Waals surface area (Å²) in [5.74, 6) is -0.837. The molecule has 0 aliphatic heterocycles. The number of hydrogen-bond acceptors (Lipinski definition) is 3. The van der Waals surface area contributed by atoms with E-state index in [2.05, 4.69) is 10.3 Å². The lowest BCUT2D eigenvalue weighted by Gasteiger charge is -2.02. The first kappa shape index (κ1) is 12.6. The zero-order chi connectivity index (χ0) is 13.0. The predicted molar refractivity (Wildman–Crippen MR) is 66.5 cm³/mol. The number of rotatable bonds is 5. The quantitative estimate of drug-likeness (QED) is 0.898. The van der Waals surface area contributed by atoms with Crippen LogP contribution in [0.2, 0.25) is 5.02 Å². The standard InChI is InChI=1S/C12H12ClN3O2/c13-11-4-2-1-3-9(11)7-16-8-10(14-15-16)5-6-12(17)18/h1-4,8H,5-7H2,(H,17,18). The Morgan fingerprint density at radius 3 is 2.89 bits per heavy atom. The van der Waals surface area contributed by atoms with Gasteiger partial charge in [0, 0.05) is 17.6 Å². The molecule has 0 spiro atoms. The van der Waals surface area contributed by atoms with Crippen molar-refractivity contribution < 1.29 is 9.90 Å². The van der Waals surface area contributed by atoms with Gasteiger partial charge in [-0.25, -0.2) is 4.68 Å². The molecule has 0 atom stereocenters. The van der Waals surface area contributed by atoms with Gasteiger partial charge < -0.3 is 5.11 Å². The van der Waals surface area contributed by atoms with Crippen LogP contribution in [0, 0.1) is 0 Å². The summed E-state index contributed by atoms with van der Waals surface area (Å²) in [6, 6.07) is 7.51. The van der Waals surface area contributed by atoms with E-state index in [1.165, 1.54) is 0 Å². The Hall–Kier alpha value is -1.88. The highest BCUT2D eigenvalue weighted by atomic mass is 35.5. The van der Waals surface area contributed by atoms with Crippen molar-refractivity contribution in [2.24, 2.45) is 0 Å². The number of aromatic nitrogens is 3. The highest BCUT2D eigenvalue weighted by Crippen LogP contribution is 2.15. The third-order valence-electron chi connectivity index (χ3n) is 2.47. The Morgan fingerprint density at radius 1 is 1.39 bits per heavy atom. The number of carbonyl (C=O) groups is 1. The molecule has 2 rings (SSSR count). The average Bonchev–Trinajstić information content (AvgIpc) is 2.77. The molecule has 5 nitrogen and oxygen atoms in total. The molecule has 0 saturated heterocycles. The second kappa shape index (κ2) is 5.64. The number of halogens is 1. The highest BCUT2D eigenvalue weighted by Gasteiger charge is 2.05. The van der Waals surface area contributed by atoms with Gasteiger partial charge in [0.05, 0.1) is 18.7 Å². The van der Waals surface area contributed by atoms with E-state index in [1.807, 2.05) is 24.3 Å². The largest absolute Gasteiger partial charge is 0.481 e. The van der Waals surface area contributed by atoms with Gasteiger partial charge in [0.25, 0.3) is 0 Å². The van der Waals surface area contributed by atoms with Crippen molar-refractivity contribution in [2.45, 2.75) is 19.4 Å². The molecular formula is C12H12ClN3O2. The van der Waals surface area contributed by atoms with Crippen molar-refractivity contribution in [2.75, 3.05) is 0 Å². The number of hydrogen-bond donors (Lipinski definition) is 1. The van der Waals surface area contributed by atoms with E-state index in [0.717, 1.165) is 5.56 Å². The van der Waals surface area contributed by atoms with E-state index in [0.29, 0.717) is 23.7 Å². The van der Waals surface area contributed by atoms with Gasteiger partial charge in [-0.3, -0.25) is 4.79 Å². The molecule has 0 aliphatic carbocycles. The molecule has 1 aromatic heterocycles. The van der Waals surface area contributed by atoms with E-state index >= 15 is 0 Å². The van der Waals surface area contributed by atoms with Crippen LogP contribution in [0.15, 0.2) is 30.5 Å². The molecule has 94 valence electrons. The minimum absolute atomic E-state index is 0.0603. The minimum Gasteiger partial charge on any atom is -0.481 e. The molecule has 1 aromatic carbocycles. The Labute approximate surface area is 109 Å². The zero-order valence-electron chi connectivity index (χ0n) is 9.58. The van der Waals surface area contributed by atoms with Crippen molar-refractivity contribution in [3.05, 3.63) is 46.7 Å². The van der Waals surface area contributed by atoms with Crippen LogP contribution in [0.4, 0.5) is 0 Å². The molecule has 0 fully saturated rings. The highest BCUT2D eigenvalue weighted by molar-refractivity contribution is 6.31. The van der Waals surface area contributed by atoms with E-state index in [-0.39, 0.29) is 6.42 Å². The maximum absolute atomic E-state index is 10.4. The normalized spacial score (nSPS) is 10.5. The molecule has 6 heteroatoms. The van der Waals surface area contributed by atoms with Crippen molar-refractivity contribution in [1.82, 2.24) is 15.0 Å². The SMILES string of the molecule is O=C(O)CCc1cn(Cc2ccccc2Cl)nn1. The fourth-order valence-corrected chi connectivity index (χ4v) is 1.76. The van der Waals surface area contributed by atoms with Crippen LogP contribution < -0.4 is 0 Å². The predicted octanol–water partition coefficient (Wildman–Crippen LogP) is 2.00. The number of carboxylic acids is 1. The lowest BCUT2D eigenvalue weighted by atomic mass is 10.2. The first-order chi connectivity index (χ1) is 8.65.